The van der Waals surface area contributed by atoms with Crippen LogP contribution in [0.15, 0.2) is 30.3 Å². The number of hydrogen-bond donors (Lipinski definition) is 1. The van der Waals surface area contributed by atoms with E-state index in [-0.39, 0.29) is 5.91 Å². The summed E-state index contributed by atoms with van der Waals surface area (Å²) >= 11 is 0. The first-order chi connectivity index (χ1) is 7.91. The fourth-order valence-corrected chi connectivity index (χ4v) is 1.64. The zero-order valence-electron chi connectivity index (χ0n) is 10.3. The Morgan fingerprint density at radius 3 is 2.18 bits per heavy atom. The van der Waals surface area contributed by atoms with Crippen molar-refractivity contribution in [2.24, 2.45) is 0 Å². The van der Waals surface area contributed by atoms with E-state index in [2.05, 4.69) is 0 Å². The highest BCUT2D eigenvalue weighted by Gasteiger charge is 2.37. The number of carboxylic acids is 1. The monoisotopic (exact) mass is 235 g/mol. The maximum atomic E-state index is 12.2. The summed E-state index contributed by atoms with van der Waals surface area (Å²) in [6, 6.07) is 8.70. The van der Waals surface area contributed by atoms with Crippen molar-refractivity contribution in [3.63, 3.8) is 0 Å². The Labute approximate surface area is 101 Å². The topological polar surface area (TPSA) is 57.6 Å². The van der Waals surface area contributed by atoms with Crippen molar-refractivity contribution in [3.05, 3.63) is 35.9 Å². The van der Waals surface area contributed by atoms with Crippen LogP contribution in [0.2, 0.25) is 0 Å². The van der Waals surface area contributed by atoms with E-state index in [0.717, 1.165) is 0 Å². The van der Waals surface area contributed by atoms with E-state index in [1.165, 1.54) is 18.7 Å². The van der Waals surface area contributed by atoms with Crippen LogP contribution in [0.1, 0.15) is 31.1 Å². The van der Waals surface area contributed by atoms with Crippen molar-refractivity contribution in [3.8, 4) is 0 Å². The van der Waals surface area contributed by atoms with Gasteiger partial charge in [0, 0.05) is 12.1 Å². The van der Waals surface area contributed by atoms with Gasteiger partial charge in [0.2, 0.25) is 0 Å². The molecular weight excluding hydrogens is 218 g/mol. The number of hydrogen-bond acceptors (Lipinski definition) is 2. The summed E-state index contributed by atoms with van der Waals surface area (Å²) in [5.74, 6) is -1.27. The summed E-state index contributed by atoms with van der Waals surface area (Å²) in [4.78, 5) is 24.7. The molecule has 1 amide bonds. The maximum absolute atomic E-state index is 12.2. The lowest BCUT2D eigenvalue weighted by molar-refractivity contribution is -0.147. The lowest BCUT2D eigenvalue weighted by atomic mass is 10.0. The van der Waals surface area contributed by atoms with Crippen molar-refractivity contribution >= 4 is 11.9 Å². The molecule has 0 bridgehead atoms. The summed E-state index contributed by atoms with van der Waals surface area (Å²) in [6.45, 7) is 5.18. The van der Waals surface area contributed by atoms with Crippen molar-refractivity contribution in [1.29, 1.82) is 0 Å². The maximum Gasteiger partial charge on any atom is 0.329 e. The molecule has 0 atom stereocenters. The van der Waals surface area contributed by atoms with Crippen molar-refractivity contribution in [2.45, 2.75) is 26.3 Å². The molecule has 0 spiro atoms. The molecule has 0 fully saturated rings. The highest BCUT2D eigenvalue weighted by atomic mass is 16.4. The molecule has 0 aromatic heterocycles. The van der Waals surface area contributed by atoms with Crippen LogP contribution in [-0.4, -0.2) is 34.0 Å². The van der Waals surface area contributed by atoms with E-state index < -0.39 is 11.5 Å². The molecule has 0 radical (unpaired) electrons. The van der Waals surface area contributed by atoms with Crippen LogP contribution in [0, 0.1) is 0 Å². The number of carboxylic acid groups (broad SMARTS) is 1. The van der Waals surface area contributed by atoms with Crippen molar-refractivity contribution in [1.82, 2.24) is 4.90 Å². The minimum absolute atomic E-state index is 0.263. The van der Waals surface area contributed by atoms with Crippen LogP contribution in [0.5, 0.6) is 0 Å². The standard InChI is InChI=1S/C13H17NO3/c1-4-14(13(2,3)12(16)17)11(15)10-8-6-5-7-9-10/h5-9H,4H2,1-3H3,(H,16,17). The first-order valence-corrected chi connectivity index (χ1v) is 5.51. The third-order valence-corrected chi connectivity index (χ3v) is 2.78. The molecule has 17 heavy (non-hydrogen) atoms. The number of aliphatic carboxylic acids is 1. The first kappa shape index (κ1) is 13.2. The highest BCUT2D eigenvalue weighted by molar-refractivity contribution is 5.97. The predicted molar refractivity (Wildman–Crippen MR) is 64.9 cm³/mol. The molecule has 1 aromatic carbocycles. The number of amides is 1. The van der Waals surface area contributed by atoms with E-state index in [9.17, 15) is 9.59 Å². The zero-order valence-corrected chi connectivity index (χ0v) is 10.3. The molecule has 92 valence electrons. The van der Waals surface area contributed by atoms with Gasteiger partial charge in [-0.1, -0.05) is 18.2 Å². The van der Waals surface area contributed by atoms with Gasteiger partial charge in [-0.25, -0.2) is 4.79 Å². The number of carbonyl (C=O) groups is 2. The fraction of sp³-hybridized carbons (Fsp3) is 0.385. The van der Waals surface area contributed by atoms with Crippen molar-refractivity contribution in [2.75, 3.05) is 6.54 Å². The van der Waals surface area contributed by atoms with Crippen LogP contribution in [0.3, 0.4) is 0 Å². The van der Waals surface area contributed by atoms with Crippen molar-refractivity contribution < 1.29 is 14.7 Å². The van der Waals surface area contributed by atoms with E-state index in [1.807, 2.05) is 6.07 Å². The van der Waals surface area contributed by atoms with Gasteiger partial charge in [0.25, 0.3) is 5.91 Å². The lowest BCUT2D eigenvalue weighted by Crippen LogP contribution is -2.52. The molecule has 0 aliphatic carbocycles. The second-order valence-corrected chi connectivity index (χ2v) is 4.28. The molecule has 0 aliphatic heterocycles. The van der Waals surface area contributed by atoms with Crippen LogP contribution in [0.25, 0.3) is 0 Å². The Kier molecular flexibility index (Phi) is 3.89. The van der Waals surface area contributed by atoms with E-state index >= 15 is 0 Å². The van der Waals surface area contributed by atoms with Gasteiger partial charge in [0.1, 0.15) is 5.54 Å². The Hall–Kier alpha value is -1.84. The average Bonchev–Trinajstić information content (AvgIpc) is 2.30. The van der Waals surface area contributed by atoms with Gasteiger partial charge >= 0.3 is 5.97 Å². The molecule has 1 rings (SSSR count). The van der Waals surface area contributed by atoms with Gasteiger partial charge in [0.15, 0.2) is 0 Å². The highest BCUT2D eigenvalue weighted by Crippen LogP contribution is 2.18. The number of rotatable bonds is 4. The molecular formula is C13H17NO3. The molecule has 0 unspecified atom stereocenters. The minimum Gasteiger partial charge on any atom is -0.480 e. The summed E-state index contributed by atoms with van der Waals surface area (Å²) < 4.78 is 0. The molecule has 4 heteroatoms. The third-order valence-electron chi connectivity index (χ3n) is 2.78. The smallest absolute Gasteiger partial charge is 0.329 e. The third kappa shape index (κ3) is 2.64. The predicted octanol–water partition coefficient (Wildman–Crippen LogP) is 2.01. The summed E-state index contributed by atoms with van der Waals surface area (Å²) in [5, 5.41) is 9.14. The quantitative estimate of drug-likeness (QED) is 0.868. The van der Waals surface area contributed by atoms with E-state index in [1.54, 1.807) is 31.2 Å². The average molecular weight is 235 g/mol. The molecule has 1 aromatic rings. The lowest BCUT2D eigenvalue weighted by Gasteiger charge is -2.34. The van der Waals surface area contributed by atoms with E-state index in [0.29, 0.717) is 12.1 Å². The summed E-state index contributed by atoms with van der Waals surface area (Å²) in [7, 11) is 0. The van der Waals surface area contributed by atoms with Crippen LogP contribution >= 0.6 is 0 Å². The second kappa shape index (κ2) is 4.99. The SMILES string of the molecule is CCN(C(=O)c1ccccc1)C(C)(C)C(=O)O. The summed E-state index contributed by atoms with van der Waals surface area (Å²) in [6.07, 6.45) is 0. The van der Waals surface area contributed by atoms with Gasteiger partial charge in [-0.2, -0.15) is 0 Å². The largest absolute Gasteiger partial charge is 0.480 e. The van der Waals surface area contributed by atoms with Crippen LogP contribution < -0.4 is 0 Å². The Bertz CT molecular complexity index is 412. The minimum atomic E-state index is -1.21. The van der Waals surface area contributed by atoms with Gasteiger partial charge in [-0.15, -0.1) is 0 Å². The zero-order chi connectivity index (χ0) is 13.1. The Balaban J connectivity index is 3.05. The molecule has 0 heterocycles. The number of likely N-dealkylation sites (N-methyl/N-ethyl adjacent to an activating group) is 1. The van der Waals surface area contributed by atoms with Gasteiger partial charge in [-0.3, -0.25) is 4.79 Å². The Morgan fingerprint density at radius 2 is 1.76 bits per heavy atom. The number of benzene rings is 1. The van der Waals surface area contributed by atoms with Crippen LogP contribution in [0.4, 0.5) is 0 Å². The Morgan fingerprint density at radius 1 is 1.24 bits per heavy atom. The molecule has 0 saturated heterocycles. The van der Waals surface area contributed by atoms with Gasteiger partial charge < -0.3 is 10.0 Å². The normalized spacial score (nSPS) is 11.0. The van der Waals surface area contributed by atoms with Gasteiger partial charge in [0.05, 0.1) is 0 Å². The van der Waals surface area contributed by atoms with E-state index in [4.69, 9.17) is 5.11 Å². The van der Waals surface area contributed by atoms with Gasteiger partial charge in [-0.05, 0) is 32.9 Å². The first-order valence-electron chi connectivity index (χ1n) is 5.51. The van der Waals surface area contributed by atoms with Crippen LogP contribution in [-0.2, 0) is 4.79 Å². The molecule has 0 saturated carbocycles. The molecule has 0 aliphatic rings. The fourth-order valence-electron chi connectivity index (χ4n) is 1.64. The number of carbonyl (C=O) groups excluding carboxylic acids is 1. The second-order valence-electron chi connectivity index (χ2n) is 4.28. The molecule has 4 nitrogen and oxygen atoms in total. The molecule has 1 N–H and O–H groups in total. The summed E-state index contributed by atoms with van der Waals surface area (Å²) in [5.41, 5.74) is -0.703. The number of nitrogens with zero attached hydrogens (tertiary/aromatic N) is 1.